The minimum atomic E-state index is -0.908. The lowest BCUT2D eigenvalue weighted by atomic mass is 9.66. The van der Waals surface area contributed by atoms with Gasteiger partial charge in [0.15, 0.2) is 0 Å². The summed E-state index contributed by atoms with van der Waals surface area (Å²) in [5, 5.41) is 7.16. The zero-order valence-electron chi connectivity index (χ0n) is 61.1. The molecule has 0 fully saturated rings. The van der Waals surface area contributed by atoms with Crippen LogP contribution in [0.25, 0.3) is 54.6 Å². The average Bonchev–Trinajstić information content (AvgIpc) is 1.52. The van der Waals surface area contributed by atoms with E-state index in [0.29, 0.717) is 6.42 Å². The van der Waals surface area contributed by atoms with Crippen LogP contribution in [0.3, 0.4) is 0 Å². The van der Waals surface area contributed by atoms with Gasteiger partial charge in [-0.2, -0.15) is 0 Å². The third kappa shape index (κ3) is 11.7. The van der Waals surface area contributed by atoms with Gasteiger partial charge in [0.25, 0.3) is 0 Å². The molecule has 1 heterocycles. The third-order valence-electron chi connectivity index (χ3n) is 21.6. The van der Waals surface area contributed by atoms with Crippen LogP contribution in [0.2, 0.25) is 0 Å². The Bertz CT molecular complexity index is 5300. The Balaban J connectivity index is 1.04. The second kappa shape index (κ2) is 24.6. The zero-order chi connectivity index (χ0) is 69.8. The molecule has 0 aliphatic heterocycles. The average molecular weight is 1300 g/mol. The van der Waals surface area contributed by atoms with Gasteiger partial charge < -0.3 is 14.2 Å². The maximum Gasteiger partial charge on any atom is 0.143 e. The number of nitrogens with zero attached hydrogens (tertiary/aromatic N) is 2. The van der Waals surface area contributed by atoms with Gasteiger partial charge >= 0.3 is 0 Å². The first-order valence-corrected chi connectivity index (χ1v) is 36.1. The summed E-state index contributed by atoms with van der Waals surface area (Å²) in [5.41, 5.74) is 24.7. The van der Waals surface area contributed by atoms with E-state index in [1.165, 1.54) is 88.3 Å². The Morgan fingerprint density at radius 2 is 0.740 bits per heavy atom. The van der Waals surface area contributed by atoms with E-state index in [1.54, 1.807) is 0 Å². The molecule has 0 saturated heterocycles. The fourth-order valence-electron chi connectivity index (χ4n) is 15.9. The topological polar surface area (TPSA) is 19.6 Å². The first-order chi connectivity index (χ1) is 47.7. The Hall–Kier alpha value is -10.2. The Morgan fingerprint density at radius 1 is 0.340 bits per heavy atom. The molecule has 0 radical (unpaired) electrons. The summed E-state index contributed by atoms with van der Waals surface area (Å²) < 4.78 is 7.63. The van der Waals surface area contributed by atoms with Crippen molar-refractivity contribution in [3.8, 4) is 11.1 Å². The van der Waals surface area contributed by atoms with Crippen LogP contribution in [-0.4, -0.2) is 0 Å². The van der Waals surface area contributed by atoms with Crippen molar-refractivity contribution >= 4 is 77.6 Å². The second-order valence-corrected chi connectivity index (χ2v) is 33.4. The van der Waals surface area contributed by atoms with Crippen LogP contribution in [-0.2, 0) is 38.9 Å². The molecule has 0 spiro atoms. The minimum Gasteiger partial charge on any atom is -0.455 e. The molecule has 100 heavy (non-hydrogen) atoms. The van der Waals surface area contributed by atoms with Crippen molar-refractivity contribution in [2.45, 2.75) is 149 Å². The number of benzene rings is 13. The predicted octanol–water partition coefficient (Wildman–Crippen LogP) is 27.1. The number of hydrogen-bond acceptors (Lipinski definition) is 3. The molecule has 498 valence electrons. The van der Waals surface area contributed by atoms with Gasteiger partial charge in [-0.25, -0.2) is 0 Å². The van der Waals surface area contributed by atoms with Crippen LogP contribution in [0.4, 0.5) is 34.1 Å². The Kier molecular flexibility index (Phi) is 16.2. The van der Waals surface area contributed by atoms with Crippen LogP contribution in [0.15, 0.2) is 283 Å². The fourth-order valence-corrected chi connectivity index (χ4v) is 15.9. The van der Waals surface area contributed by atoms with Crippen LogP contribution in [0.5, 0.6) is 0 Å². The summed E-state index contributed by atoms with van der Waals surface area (Å²) in [4.78, 5) is 4.94. The fraction of sp³-hybridized carbons (Fsp3) is 0.237. The van der Waals surface area contributed by atoms with Gasteiger partial charge in [0.1, 0.15) is 11.2 Å². The van der Waals surface area contributed by atoms with Crippen molar-refractivity contribution in [1.29, 1.82) is 0 Å². The van der Waals surface area contributed by atoms with Gasteiger partial charge in [-0.3, -0.25) is 0 Å². The van der Waals surface area contributed by atoms with Crippen LogP contribution in [0.1, 0.15) is 177 Å². The van der Waals surface area contributed by atoms with E-state index in [1.807, 2.05) is 0 Å². The summed E-state index contributed by atoms with van der Waals surface area (Å²) in [6, 6.07) is 107. The highest BCUT2D eigenvalue weighted by Gasteiger charge is 2.49. The van der Waals surface area contributed by atoms with Crippen LogP contribution < -0.4 is 9.80 Å². The lowest BCUT2D eigenvalue weighted by Gasteiger charge is -2.36. The van der Waals surface area contributed by atoms with Crippen molar-refractivity contribution in [3.63, 3.8) is 0 Å². The molecule has 0 amide bonds. The second-order valence-electron chi connectivity index (χ2n) is 33.4. The Labute approximate surface area is 593 Å². The largest absolute Gasteiger partial charge is 0.455 e. The molecular formula is C97H94N2O. The summed E-state index contributed by atoms with van der Waals surface area (Å²) in [7, 11) is 0. The first-order valence-electron chi connectivity index (χ1n) is 36.1. The summed E-state index contributed by atoms with van der Waals surface area (Å²) in [5.74, 6) is -0.0231. The van der Waals surface area contributed by atoms with Gasteiger partial charge in [-0.05, 0) is 195 Å². The number of anilines is 6. The van der Waals surface area contributed by atoms with E-state index in [9.17, 15) is 0 Å². The molecule has 13 aromatic carbocycles. The quantitative estimate of drug-likeness (QED) is 0.122. The SMILES string of the molecule is CC(C)(C)c1ccc([C@H](Cc2cc3c(c4oc5ccccc5c24)-c2ccc(N(c4ccc(C(C)(C)C)cc4)c4cccc5ccccc45)cc2C3(c2ccc(N(c3ccc(C(C)(C)C)cc3)c3ccc(C(C)(C)C)cc3)cc2)c2ccc(C(C)(C)C)cc2)c2cccc3ccccc23)cc1. The van der Waals surface area contributed by atoms with Crippen LogP contribution >= 0.6 is 0 Å². The van der Waals surface area contributed by atoms with Crippen molar-refractivity contribution in [3.05, 3.63) is 346 Å². The predicted molar refractivity (Wildman–Crippen MR) is 427 cm³/mol. The highest BCUT2D eigenvalue weighted by molar-refractivity contribution is 6.14. The molecular weight excluding hydrogens is 1210 g/mol. The summed E-state index contributed by atoms with van der Waals surface area (Å²) >= 11 is 0. The van der Waals surface area contributed by atoms with E-state index < -0.39 is 5.41 Å². The van der Waals surface area contributed by atoms with E-state index in [2.05, 4.69) is 393 Å². The molecule has 0 saturated carbocycles. The van der Waals surface area contributed by atoms with Crippen LogP contribution in [0, 0.1) is 0 Å². The molecule has 1 aliphatic carbocycles. The number of furan rings is 1. The third-order valence-corrected chi connectivity index (χ3v) is 21.6. The molecule has 1 unspecified atom stereocenters. The number of rotatable bonds is 12. The molecule has 15 rings (SSSR count). The Morgan fingerprint density at radius 3 is 1.26 bits per heavy atom. The van der Waals surface area contributed by atoms with E-state index >= 15 is 0 Å². The molecule has 3 nitrogen and oxygen atoms in total. The molecule has 0 N–H and O–H groups in total. The molecule has 1 aromatic heterocycles. The normalized spacial score (nSPS) is 14.6. The standard InChI is InChI=1S/C97H94N2O/c1-92(2,3)67-36-34-65(35-37-67)84(81-31-22-26-63-24-16-18-28-79(63)81)60-66-61-86-90(91-89(66)83-30-20-21-33-88(83)100-91)82-59-58-78(99(77-54-46-71(47-55-77)96(13,14)15)87-32-23-27-64-25-17-19-29-80(64)87)62-85(82)97(86,72-40-38-68(39-41-72)93(4,5)6)73-48-56-76(57-49-73)98(74-50-42-69(43-51-74)94(7,8)9)75-52-44-70(45-53-75)95(10,11)12/h16-59,61-62,84H,60H2,1-15H3/t84-,97?/m0/s1. The minimum absolute atomic E-state index is 0.00233. The van der Waals surface area contributed by atoms with E-state index in [4.69, 9.17) is 4.42 Å². The molecule has 0 bridgehead atoms. The lowest BCUT2D eigenvalue weighted by molar-refractivity contribution is 0.589. The van der Waals surface area contributed by atoms with Gasteiger partial charge in [0.2, 0.25) is 0 Å². The van der Waals surface area contributed by atoms with Gasteiger partial charge in [-0.15, -0.1) is 0 Å². The summed E-state index contributed by atoms with van der Waals surface area (Å²) in [6.07, 6.45) is 0.714. The smallest absolute Gasteiger partial charge is 0.143 e. The lowest BCUT2D eigenvalue weighted by Crippen LogP contribution is -2.29. The van der Waals surface area contributed by atoms with E-state index in [-0.39, 0.29) is 33.0 Å². The summed E-state index contributed by atoms with van der Waals surface area (Å²) in [6.45, 7) is 34.6. The molecule has 2 atom stereocenters. The van der Waals surface area contributed by atoms with Gasteiger partial charge in [-0.1, -0.05) is 310 Å². The zero-order valence-corrected chi connectivity index (χ0v) is 61.1. The highest BCUT2D eigenvalue weighted by atomic mass is 16.3. The molecule has 3 heteroatoms. The number of fused-ring (bicyclic) bond motifs is 9. The highest BCUT2D eigenvalue weighted by Crippen LogP contribution is 2.61. The monoisotopic (exact) mass is 1300 g/mol. The number of para-hydroxylation sites is 1. The number of hydrogen-bond donors (Lipinski definition) is 0. The van der Waals surface area contributed by atoms with Crippen molar-refractivity contribution < 1.29 is 4.42 Å². The van der Waals surface area contributed by atoms with Crippen molar-refractivity contribution in [1.82, 2.24) is 0 Å². The van der Waals surface area contributed by atoms with Gasteiger partial charge in [0.05, 0.1) is 11.1 Å². The maximum absolute atomic E-state index is 7.63. The van der Waals surface area contributed by atoms with Crippen molar-refractivity contribution in [2.75, 3.05) is 9.80 Å². The van der Waals surface area contributed by atoms with Gasteiger partial charge in [0, 0.05) is 56.1 Å². The maximum atomic E-state index is 7.63. The van der Waals surface area contributed by atoms with E-state index in [0.717, 1.165) is 67.2 Å². The molecule has 14 aromatic rings. The first kappa shape index (κ1) is 65.7. The molecule has 1 aliphatic rings. The van der Waals surface area contributed by atoms with Crippen molar-refractivity contribution in [2.24, 2.45) is 0 Å².